The minimum atomic E-state index is -0.0309. The van der Waals surface area contributed by atoms with E-state index < -0.39 is 0 Å². The largest absolute Gasteiger partial charge is 0.374 e. The van der Waals surface area contributed by atoms with Crippen molar-refractivity contribution in [3.05, 3.63) is 58.6 Å². The van der Waals surface area contributed by atoms with Crippen LogP contribution in [0.25, 0.3) is 0 Å². The number of hydrogen-bond donors (Lipinski definition) is 1. The molecule has 0 unspecified atom stereocenters. The molecule has 0 bridgehead atoms. The van der Waals surface area contributed by atoms with Crippen LogP contribution in [0.1, 0.15) is 17.5 Å². The number of benzene rings is 2. The third-order valence-electron chi connectivity index (χ3n) is 3.57. The molecule has 0 atom stereocenters. The van der Waals surface area contributed by atoms with Crippen molar-refractivity contribution in [3.8, 4) is 0 Å². The van der Waals surface area contributed by atoms with Crippen molar-refractivity contribution in [2.24, 2.45) is 0 Å². The molecule has 2 rings (SSSR count). The molecule has 0 fully saturated rings. The fraction of sp³-hybridized carbons (Fsp3) is 0.278. The summed E-state index contributed by atoms with van der Waals surface area (Å²) in [7, 11) is 1.98. The number of amides is 1. The number of carbonyl (C=O) groups is 1. The number of para-hydroxylation sites is 1. The molecule has 2 aromatic carbocycles. The summed E-state index contributed by atoms with van der Waals surface area (Å²) in [6.45, 7) is 4.59. The second kappa shape index (κ2) is 7.32. The molecule has 0 radical (unpaired) electrons. The van der Waals surface area contributed by atoms with Gasteiger partial charge in [0, 0.05) is 25.7 Å². The molecular weight excluding hydrogens is 296 g/mol. The Bertz CT molecular complexity index is 632. The summed E-state index contributed by atoms with van der Waals surface area (Å²) >= 11 is 6.21. The highest BCUT2D eigenvalue weighted by atomic mass is 35.5. The maximum Gasteiger partial charge on any atom is 0.226 e. The van der Waals surface area contributed by atoms with Gasteiger partial charge in [0.2, 0.25) is 5.91 Å². The van der Waals surface area contributed by atoms with Crippen LogP contribution in [0.2, 0.25) is 5.02 Å². The number of anilines is 2. The SMILES string of the molecule is Cc1cc(C)c(NC(=O)CCN(C)c2ccccc2)c(Cl)c1. The van der Waals surface area contributed by atoms with Crippen LogP contribution in [0.3, 0.4) is 0 Å². The number of nitrogens with zero attached hydrogens (tertiary/aromatic N) is 1. The van der Waals surface area contributed by atoms with Crippen molar-refractivity contribution in [2.45, 2.75) is 20.3 Å². The van der Waals surface area contributed by atoms with Gasteiger partial charge in [0.15, 0.2) is 0 Å². The fourth-order valence-corrected chi connectivity index (χ4v) is 2.73. The standard InChI is InChI=1S/C18H21ClN2O/c1-13-11-14(2)18(16(19)12-13)20-17(22)9-10-21(3)15-7-5-4-6-8-15/h4-8,11-12H,9-10H2,1-3H3,(H,20,22). The first-order valence-electron chi connectivity index (χ1n) is 7.30. The summed E-state index contributed by atoms with van der Waals surface area (Å²) in [5.74, 6) is -0.0309. The molecule has 1 N–H and O–H groups in total. The molecular formula is C18H21ClN2O. The monoisotopic (exact) mass is 316 g/mol. The molecule has 3 nitrogen and oxygen atoms in total. The highest BCUT2D eigenvalue weighted by Gasteiger charge is 2.10. The van der Waals surface area contributed by atoms with E-state index in [0.29, 0.717) is 23.7 Å². The van der Waals surface area contributed by atoms with E-state index in [2.05, 4.69) is 10.2 Å². The Morgan fingerprint density at radius 2 is 1.86 bits per heavy atom. The number of hydrogen-bond acceptors (Lipinski definition) is 2. The van der Waals surface area contributed by atoms with Gasteiger partial charge in [-0.05, 0) is 43.2 Å². The summed E-state index contributed by atoms with van der Waals surface area (Å²) < 4.78 is 0. The second-order valence-corrected chi connectivity index (χ2v) is 5.90. The molecule has 4 heteroatoms. The zero-order valence-electron chi connectivity index (χ0n) is 13.2. The van der Waals surface area contributed by atoms with Gasteiger partial charge < -0.3 is 10.2 Å². The lowest BCUT2D eigenvalue weighted by molar-refractivity contribution is -0.116. The summed E-state index contributed by atoms with van der Waals surface area (Å²) in [5.41, 5.74) is 3.87. The first-order chi connectivity index (χ1) is 10.5. The third kappa shape index (κ3) is 4.25. The lowest BCUT2D eigenvalue weighted by Crippen LogP contribution is -2.24. The van der Waals surface area contributed by atoms with Crippen LogP contribution in [0, 0.1) is 13.8 Å². The first kappa shape index (κ1) is 16.4. The molecule has 1 amide bonds. The number of rotatable bonds is 5. The van der Waals surface area contributed by atoms with Gasteiger partial charge >= 0.3 is 0 Å². The maximum absolute atomic E-state index is 12.1. The molecule has 22 heavy (non-hydrogen) atoms. The highest BCUT2D eigenvalue weighted by Crippen LogP contribution is 2.27. The van der Waals surface area contributed by atoms with E-state index in [-0.39, 0.29) is 5.91 Å². The molecule has 0 spiro atoms. The van der Waals surface area contributed by atoms with Gasteiger partial charge in [-0.3, -0.25) is 4.79 Å². The van der Waals surface area contributed by atoms with Gasteiger partial charge in [0.25, 0.3) is 0 Å². The predicted molar refractivity (Wildman–Crippen MR) is 93.9 cm³/mol. The molecule has 2 aromatic rings. The quantitative estimate of drug-likeness (QED) is 0.885. The van der Waals surface area contributed by atoms with E-state index in [0.717, 1.165) is 16.8 Å². The number of halogens is 1. The van der Waals surface area contributed by atoms with Crippen LogP contribution < -0.4 is 10.2 Å². The van der Waals surface area contributed by atoms with Crippen LogP contribution in [0.15, 0.2) is 42.5 Å². The number of carbonyl (C=O) groups excluding carboxylic acids is 1. The zero-order valence-corrected chi connectivity index (χ0v) is 13.9. The summed E-state index contributed by atoms with van der Waals surface area (Å²) in [4.78, 5) is 14.2. The summed E-state index contributed by atoms with van der Waals surface area (Å²) in [6, 6.07) is 13.9. The van der Waals surface area contributed by atoms with Gasteiger partial charge in [-0.25, -0.2) is 0 Å². The van der Waals surface area contributed by atoms with Crippen molar-refractivity contribution in [1.29, 1.82) is 0 Å². The van der Waals surface area contributed by atoms with Crippen molar-refractivity contribution in [1.82, 2.24) is 0 Å². The summed E-state index contributed by atoms with van der Waals surface area (Å²) in [5, 5.41) is 3.50. The fourth-order valence-electron chi connectivity index (χ4n) is 2.36. The molecule has 116 valence electrons. The normalized spacial score (nSPS) is 10.4. The van der Waals surface area contributed by atoms with E-state index in [9.17, 15) is 4.79 Å². The van der Waals surface area contributed by atoms with Crippen molar-refractivity contribution in [3.63, 3.8) is 0 Å². The Balaban J connectivity index is 1.94. The minimum absolute atomic E-state index is 0.0309. The van der Waals surface area contributed by atoms with Crippen LogP contribution in [0.4, 0.5) is 11.4 Å². The van der Waals surface area contributed by atoms with E-state index in [1.54, 1.807) is 0 Å². The number of aryl methyl sites for hydroxylation is 2. The third-order valence-corrected chi connectivity index (χ3v) is 3.87. The Morgan fingerprint density at radius 1 is 1.18 bits per heavy atom. The molecule has 0 aliphatic heterocycles. The van der Waals surface area contributed by atoms with Crippen molar-refractivity contribution < 1.29 is 4.79 Å². The molecule has 0 aliphatic carbocycles. The van der Waals surface area contributed by atoms with Gasteiger partial charge in [-0.1, -0.05) is 35.9 Å². The van der Waals surface area contributed by atoms with E-state index >= 15 is 0 Å². The zero-order chi connectivity index (χ0) is 16.1. The van der Waals surface area contributed by atoms with E-state index in [1.807, 2.05) is 63.4 Å². The average molecular weight is 317 g/mol. The molecule has 0 saturated heterocycles. The van der Waals surface area contributed by atoms with E-state index in [1.165, 1.54) is 0 Å². The van der Waals surface area contributed by atoms with Gasteiger partial charge in [0.05, 0.1) is 10.7 Å². The Kier molecular flexibility index (Phi) is 5.45. The maximum atomic E-state index is 12.1. The van der Waals surface area contributed by atoms with Crippen LogP contribution >= 0.6 is 11.6 Å². The molecule has 0 aliphatic rings. The van der Waals surface area contributed by atoms with Crippen LogP contribution in [-0.2, 0) is 4.79 Å². The lowest BCUT2D eigenvalue weighted by Gasteiger charge is -2.19. The van der Waals surface area contributed by atoms with Crippen molar-refractivity contribution in [2.75, 3.05) is 23.8 Å². The first-order valence-corrected chi connectivity index (χ1v) is 7.68. The Hall–Kier alpha value is -2.00. The number of nitrogens with one attached hydrogen (secondary N) is 1. The lowest BCUT2D eigenvalue weighted by atomic mass is 10.1. The second-order valence-electron chi connectivity index (χ2n) is 5.49. The van der Waals surface area contributed by atoms with Crippen LogP contribution in [-0.4, -0.2) is 19.5 Å². The molecule has 0 heterocycles. The Labute approximate surface area is 136 Å². The summed E-state index contributed by atoms with van der Waals surface area (Å²) in [6.07, 6.45) is 0.412. The van der Waals surface area contributed by atoms with Gasteiger partial charge in [-0.2, -0.15) is 0 Å². The van der Waals surface area contributed by atoms with Gasteiger partial charge in [0.1, 0.15) is 0 Å². The van der Waals surface area contributed by atoms with Gasteiger partial charge in [-0.15, -0.1) is 0 Å². The predicted octanol–water partition coefficient (Wildman–Crippen LogP) is 4.42. The van der Waals surface area contributed by atoms with E-state index in [4.69, 9.17) is 11.6 Å². The van der Waals surface area contributed by atoms with Crippen LogP contribution in [0.5, 0.6) is 0 Å². The minimum Gasteiger partial charge on any atom is -0.374 e. The highest BCUT2D eigenvalue weighted by molar-refractivity contribution is 6.34. The average Bonchev–Trinajstić information content (AvgIpc) is 2.49. The smallest absolute Gasteiger partial charge is 0.226 e. The van der Waals surface area contributed by atoms with Crippen molar-refractivity contribution >= 4 is 28.9 Å². The Morgan fingerprint density at radius 3 is 2.50 bits per heavy atom. The molecule has 0 aromatic heterocycles. The molecule has 0 saturated carbocycles. The topological polar surface area (TPSA) is 32.3 Å².